The molecule has 2 aromatic carbocycles. The predicted molar refractivity (Wildman–Crippen MR) is 112 cm³/mol. The molecule has 28 heavy (non-hydrogen) atoms. The molecule has 1 N–H and O–H groups in total. The molecular weight excluding hydrogens is 348 g/mol. The smallest absolute Gasteiger partial charge is 0.229 e. The van der Waals surface area contributed by atoms with E-state index in [2.05, 4.69) is 62.3 Å². The minimum absolute atomic E-state index is 0.559. The number of aryl methyl sites for hydroxylation is 1. The first-order chi connectivity index (χ1) is 13.7. The van der Waals surface area contributed by atoms with E-state index in [4.69, 9.17) is 5.26 Å². The summed E-state index contributed by atoms with van der Waals surface area (Å²) in [4.78, 5) is 13.7. The minimum Gasteiger partial charge on any atom is -0.368 e. The second kappa shape index (κ2) is 7.97. The molecule has 3 aromatic rings. The molecule has 0 unspecified atom stereocenters. The van der Waals surface area contributed by atoms with Crippen LogP contribution in [-0.4, -0.2) is 36.1 Å². The first-order valence-corrected chi connectivity index (χ1v) is 9.38. The lowest BCUT2D eigenvalue weighted by molar-refractivity contribution is 0.647. The summed E-state index contributed by atoms with van der Waals surface area (Å²) in [6.45, 7) is 5.89. The normalized spacial score (nSPS) is 13.9. The molecule has 0 radical (unpaired) electrons. The molecule has 1 aromatic heterocycles. The highest BCUT2D eigenvalue weighted by atomic mass is 15.3. The van der Waals surface area contributed by atoms with Crippen LogP contribution in [0.4, 0.5) is 23.1 Å². The van der Waals surface area contributed by atoms with Crippen LogP contribution in [0.15, 0.2) is 60.8 Å². The monoisotopic (exact) mass is 370 g/mol. The van der Waals surface area contributed by atoms with E-state index in [1.54, 1.807) is 18.3 Å². The van der Waals surface area contributed by atoms with Crippen molar-refractivity contribution < 1.29 is 0 Å². The number of hydrogen-bond acceptors (Lipinski definition) is 6. The van der Waals surface area contributed by atoms with Crippen LogP contribution < -0.4 is 15.1 Å². The number of piperazine rings is 1. The SMILES string of the molecule is Cc1cccc(N2CCN(c3ccnc(Nc4ccc(C#N)cc4)n3)CC2)c1. The molecule has 2 heterocycles. The van der Waals surface area contributed by atoms with E-state index >= 15 is 0 Å². The number of nitrogens with zero attached hydrogens (tertiary/aromatic N) is 5. The predicted octanol–water partition coefficient (Wildman–Crippen LogP) is 3.73. The van der Waals surface area contributed by atoms with Crippen LogP contribution in [-0.2, 0) is 0 Å². The van der Waals surface area contributed by atoms with Crippen molar-refractivity contribution >= 4 is 23.1 Å². The third-order valence-electron chi connectivity index (χ3n) is 4.88. The lowest BCUT2D eigenvalue weighted by Crippen LogP contribution is -2.46. The summed E-state index contributed by atoms with van der Waals surface area (Å²) in [6, 6.07) is 20.0. The number of hydrogen-bond donors (Lipinski definition) is 1. The van der Waals surface area contributed by atoms with Crippen LogP contribution in [0.5, 0.6) is 0 Å². The van der Waals surface area contributed by atoms with Gasteiger partial charge in [-0.25, -0.2) is 4.98 Å². The van der Waals surface area contributed by atoms with E-state index in [9.17, 15) is 0 Å². The summed E-state index contributed by atoms with van der Waals surface area (Å²) in [5.74, 6) is 1.48. The van der Waals surface area contributed by atoms with Crippen molar-refractivity contribution in [3.63, 3.8) is 0 Å². The average molecular weight is 370 g/mol. The lowest BCUT2D eigenvalue weighted by Gasteiger charge is -2.36. The van der Waals surface area contributed by atoms with Gasteiger partial charge in [0.15, 0.2) is 0 Å². The van der Waals surface area contributed by atoms with Gasteiger partial charge in [-0.05, 0) is 55.0 Å². The maximum absolute atomic E-state index is 8.90. The Balaban J connectivity index is 1.41. The van der Waals surface area contributed by atoms with Crippen molar-refractivity contribution in [1.82, 2.24) is 9.97 Å². The summed E-state index contributed by atoms with van der Waals surface area (Å²) in [5, 5.41) is 12.1. The van der Waals surface area contributed by atoms with Gasteiger partial charge in [-0.3, -0.25) is 0 Å². The van der Waals surface area contributed by atoms with E-state index in [1.807, 2.05) is 18.2 Å². The molecular formula is C22H22N6. The molecule has 1 fully saturated rings. The molecule has 0 saturated carbocycles. The Labute approximate surface area is 165 Å². The van der Waals surface area contributed by atoms with Gasteiger partial charge in [-0.1, -0.05) is 12.1 Å². The molecule has 6 heteroatoms. The second-order valence-electron chi connectivity index (χ2n) is 6.87. The summed E-state index contributed by atoms with van der Waals surface area (Å²) < 4.78 is 0. The molecule has 4 rings (SSSR count). The summed E-state index contributed by atoms with van der Waals surface area (Å²) in [7, 11) is 0. The average Bonchev–Trinajstić information content (AvgIpc) is 2.75. The zero-order valence-corrected chi connectivity index (χ0v) is 15.8. The topological polar surface area (TPSA) is 68.1 Å². The number of benzene rings is 2. The second-order valence-corrected chi connectivity index (χ2v) is 6.87. The van der Waals surface area contributed by atoms with Gasteiger partial charge in [-0.2, -0.15) is 10.2 Å². The standard InChI is InChI=1S/C22H22N6/c1-17-3-2-4-20(15-17)27-11-13-28(14-12-27)21-9-10-24-22(26-21)25-19-7-5-18(16-23)6-8-19/h2-10,15H,11-14H2,1H3,(H,24,25,26). The van der Waals surface area contributed by atoms with E-state index < -0.39 is 0 Å². The zero-order valence-electron chi connectivity index (χ0n) is 15.8. The quantitative estimate of drug-likeness (QED) is 0.755. The maximum Gasteiger partial charge on any atom is 0.229 e. The number of nitrogens with one attached hydrogen (secondary N) is 1. The maximum atomic E-state index is 8.90. The van der Waals surface area contributed by atoms with Crippen LogP contribution in [0, 0.1) is 18.3 Å². The van der Waals surface area contributed by atoms with Crippen molar-refractivity contribution in [2.24, 2.45) is 0 Å². The molecule has 0 bridgehead atoms. The Kier molecular flexibility index (Phi) is 5.07. The highest BCUT2D eigenvalue weighted by Gasteiger charge is 2.18. The third-order valence-corrected chi connectivity index (χ3v) is 4.88. The Hall–Kier alpha value is -3.59. The summed E-state index contributed by atoms with van der Waals surface area (Å²) in [6.07, 6.45) is 1.78. The number of rotatable bonds is 4. The van der Waals surface area contributed by atoms with Crippen molar-refractivity contribution in [3.05, 3.63) is 71.9 Å². The fourth-order valence-electron chi connectivity index (χ4n) is 3.36. The van der Waals surface area contributed by atoms with Gasteiger partial charge in [-0.15, -0.1) is 0 Å². The molecule has 140 valence electrons. The largest absolute Gasteiger partial charge is 0.368 e. The van der Waals surface area contributed by atoms with Crippen molar-refractivity contribution in [1.29, 1.82) is 5.26 Å². The van der Waals surface area contributed by atoms with Gasteiger partial charge in [0, 0.05) is 43.8 Å². The van der Waals surface area contributed by atoms with E-state index in [0.717, 1.165) is 37.7 Å². The minimum atomic E-state index is 0.559. The molecule has 0 atom stereocenters. The van der Waals surface area contributed by atoms with Crippen LogP contribution in [0.2, 0.25) is 0 Å². The number of anilines is 4. The Morgan fingerprint density at radius 3 is 2.43 bits per heavy atom. The van der Waals surface area contributed by atoms with E-state index in [0.29, 0.717) is 11.5 Å². The molecule has 1 aliphatic rings. The zero-order chi connectivity index (χ0) is 19.3. The lowest BCUT2D eigenvalue weighted by atomic mass is 10.2. The van der Waals surface area contributed by atoms with Gasteiger partial charge in [0.25, 0.3) is 0 Å². The summed E-state index contributed by atoms with van der Waals surface area (Å²) >= 11 is 0. The third kappa shape index (κ3) is 4.04. The fraction of sp³-hybridized carbons (Fsp3) is 0.227. The highest BCUT2D eigenvalue weighted by molar-refractivity contribution is 5.57. The molecule has 0 spiro atoms. The van der Waals surface area contributed by atoms with Crippen LogP contribution >= 0.6 is 0 Å². The van der Waals surface area contributed by atoms with Gasteiger partial charge in [0.05, 0.1) is 11.6 Å². The van der Waals surface area contributed by atoms with Gasteiger partial charge in [0.2, 0.25) is 5.95 Å². The first-order valence-electron chi connectivity index (χ1n) is 9.38. The van der Waals surface area contributed by atoms with E-state index in [-0.39, 0.29) is 0 Å². The van der Waals surface area contributed by atoms with Crippen LogP contribution in [0.3, 0.4) is 0 Å². The Morgan fingerprint density at radius 1 is 0.964 bits per heavy atom. The molecule has 0 aliphatic carbocycles. The summed E-state index contributed by atoms with van der Waals surface area (Å²) in [5.41, 5.74) is 4.06. The Bertz CT molecular complexity index is 984. The van der Waals surface area contributed by atoms with E-state index in [1.165, 1.54) is 11.3 Å². The fourth-order valence-corrected chi connectivity index (χ4v) is 3.36. The first kappa shape index (κ1) is 17.8. The van der Waals surface area contributed by atoms with Crippen LogP contribution in [0.25, 0.3) is 0 Å². The molecule has 0 amide bonds. The molecule has 1 aliphatic heterocycles. The van der Waals surface area contributed by atoms with Gasteiger partial charge < -0.3 is 15.1 Å². The van der Waals surface area contributed by atoms with Gasteiger partial charge in [0.1, 0.15) is 5.82 Å². The highest BCUT2D eigenvalue weighted by Crippen LogP contribution is 2.21. The number of nitriles is 1. The number of aromatic nitrogens is 2. The van der Waals surface area contributed by atoms with Crippen molar-refractivity contribution in [2.45, 2.75) is 6.92 Å². The molecule has 1 saturated heterocycles. The van der Waals surface area contributed by atoms with Crippen molar-refractivity contribution in [2.75, 3.05) is 41.3 Å². The van der Waals surface area contributed by atoms with Gasteiger partial charge >= 0.3 is 0 Å². The Morgan fingerprint density at radius 2 is 1.71 bits per heavy atom. The van der Waals surface area contributed by atoms with Crippen LogP contribution in [0.1, 0.15) is 11.1 Å². The molecule has 6 nitrogen and oxygen atoms in total. The van der Waals surface area contributed by atoms with Crippen molar-refractivity contribution in [3.8, 4) is 6.07 Å².